The van der Waals surface area contributed by atoms with Gasteiger partial charge < -0.3 is 4.90 Å². The maximum Gasteiger partial charge on any atom is 0.0612 e. The van der Waals surface area contributed by atoms with Crippen LogP contribution in [0.2, 0.25) is 0 Å². The van der Waals surface area contributed by atoms with Crippen molar-refractivity contribution in [3.05, 3.63) is 0 Å². The third kappa shape index (κ3) is 9.57. The molecule has 0 aliphatic rings. The molecule has 0 aliphatic heterocycles. The zero-order chi connectivity index (χ0) is 13.3. The van der Waals surface area contributed by atoms with E-state index in [9.17, 15) is 0 Å². The van der Waals surface area contributed by atoms with Crippen LogP contribution in [-0.2, 0) is 0 Å². The largest absolute Gasteiger partial charge is 0.309 e. The highest BCUT2D eigenvalue weighted by Gasteiger charge is 2.12. The summed E-state index contributed by atoms with van der Waals surface area (Å²) in [7, 11) is 13.0. The normalized spacial score (nSPS) is 12.4. The number of hydrogen-bond acceptors (Lipinski definition) is 3. The molecule has 0 spiro atoms. The van der Waals surface area contributed by atoms with Gasteiger partial charge in [0.2, 0.25) is 0 Å². The third-order valence-electron chi connectivity index (χ3n) is 3.26. The summed E-state index contributed by atoms with van der Waals surface area (Å²) in [5.74, 6) is 0. The summed E-state index contributed by atoms with van der Waals surface area (Å²) in [5.41, 5.74) is 0. The van der Waals surface area contributed by atoms with Crippen LogP contribution in [0.1, 0.15) is 38.5 Å². The molecule has 3 heteroatoms. The molecule has 0 N–H and O–H groups in total. The van der Waals surface area contributed by atoms with Gasteiger partial charge in [-0.1, -0.05) is 25.7 Å². The minimum Gasteiger partial charge on any atom is -0.309 e. The van der Waals surface area contributed by atoms with Crippen molar-refractivity contribution < 1.29 is 0 Å². The first-order chi connectivity index (χ1) is 7.95. The molecule has 0 fully saturated rings. The molecular weight excluding hydrogens is 210 g/mol. The van der Waals surface area contributed by atoms with E-state index < -0.39 is 0 Å². The minimum atomic E-state index is 0.594. The summed E-state index contributed by atoms with van der Waals surface area (Å²) in [5, 5.41) is 0. The van der Waals surface area contributed by atoms with Crippen molar-refractivity contribution in [1.82, 2.24) is 14.7 Å². The Morgan fingerprint density at radius 3 is 1.59 bits per heavy atom. The van der Waals surface area contributed by atoms with Gasteiger partial charge in [-0.25, -0.2) is 0 Å². The molecular formula is C14H33N3. The van der Waals surface area contributed by atoms with Crippen molar-refractivity contribution in [3.63, 3.8) is 0 Å². The van der Waals surface area contributed by atoms with Crippen LogP contribution in [0.25, 0.3) is 0 Å². The van der Waals surface area contributed by atoms with Crippen LogP contribution in [0.15, 0.2) is 0 Å². The second-order valence-electron chi connectivity index (χ2n) is 5.77. The van der Waals surface area contributed by atoms with E-state index in [0.717, 1.165) is 0 Å². The van der Waals surface area contributed by atoms with E-state index in [0.29, 0.717) is 6.17 Å². The first kappa shape index (κ1) is 16.9. The van der Waals surface area contributed by atoms with Crippen molar-refractivity contribution in [2.45, 2.75) is 44.7 Å². The molecule has 0 aromatic heterocycles. The molecule has 0 saturated heterocycles. The van der Waals surface area contributed by atoms with Crippen molar-refractivity contribution in [2.75, 3.05) is 48.8 Å². The maximum atomic E-state index is 2.31. The van der Waals surface area contributed by atoms with Crippen molar-refractivity contribution in [1.29, 1.82) is 0 Å². The van der Waals surface area contributed by atoms with Crippen molar-refractivity contribution in [3.8, 4) is 0 Å². The van der Waals surface area contributed by atoms with Crippen LogP contribution >= 0.6 is 0 Å². The Hall–Kier alpha value is -0.120. The van der Waals surface area contributed by atoms with Gasteiger partial charge in [-0.05, 0) is 61.7 Å². The van der Waals surface area contributed by atoms with Gasteiger partial charge in [-0.15, -0.1) is 0 Å². The molecule has 0 heterocycles. The molecule has 0 aromatic rings. The predicted octanol–water partition coefficient (Wildman–Crippen LogP) is 2.34. The Bertz CT molecular complexity index is 159. The summed E-state index contributed by atoms with van der Waals surface area (Å²) < 4.78 is 0. The fraction of sp³-hybridized carbons (Fsp3) is 1.00. The van der Waals surface area contributed by atoms with E-state index in [4.69, 9.17) is 0 Å². The van der Waals surface area contributed by atoms with Crippen LogP contribution in [0.4, 0.5) is 0 Å². The minimum absolute atomic E-state index is 0.594. The van der Waals surface area contributed by atoms with E-state index >= 15 is 0 Å². The van der Waals surface area contributed by atoms with Crippen LogP contribution < -0.4 is 0 Å². The molecule has 0 saturated carbocycles. The SMILES string of the molecule is CN(C)CCCCCCCC(N(C)C)N(C)C. The topological polar surface area (TPSA) is 9.72 Å². The fourth-order valence-electron chi connectivity index (χ4n) is 2.26. The third-order valence-corrected chi connectivity index (χ3v) is 3.26. The molecule has 0 rings (SSSR count). The lowest BCUT2D eigenvalue weighted by Crippen LogP contribution is -2.40. The van der Waals surface area contributed by atoms with E-state index in [1.54, 1.807) is 0 Å². The molecule has 0 atom stereocenters. The lowest BCUT2D eigenvalue weighted by atomic mass is 10.1. The fourth-order valence-corrected chi connectivity index (χ4v) is 2.26. The summed E-state index contributed by atoms with van der Waals surface area (Å²) in [4.78, 5) is 6.90. The highest BCUT2D eigenvalue weighted by atomic mass is 15.3. The van der Waals surface area contributed by atoms with Gasteiger partial charge in [0.05, 0.1) is 6.17 Å². The first-order valence-electron chi connectivity index (χ1n) is 6.92. The average molecular weight is 243 g/mol. The zero-order valence-corrected chi connectivity index (χ0v) is 12.9. The molecule has 0 bridgehead atoms. The van der Waals surface area contributed by atoms with Crippen LogP contribution in [0.3, 0.4) is 0 Å². The van der Waals surface area contributed by atoms with Gasteiger partial charge in [0.1, 0.15) is 0 Å². The quantitative estimate of drug-likeness (QED) is 0.431. The Labute approximate surface area is 109 Å². The monoisotopic (exact) mass is 243 g/mol. The molecule has 0 aromatic carbocycles. The standard InChI is InChI=1S/C14H33N3/c1-15(2)13-11-9-7-8-10-12-14(16(3)4)17(5)6/h14H,7-13H2,1-6H3. The number of rotatable bonds is 10. The van der Waals surface area contributed by atoms with Gasteiger partial charge in [-0.2, -0.15) is 0 Å². The Morgan fingerprint density at radius 2 is 1.12 bits per heavy atom. The summed E-state index contributed by atoms with van der Waals surface area (Å²) >= 11 is 0. The van der Waals surface area contributed by atoms with Gasteiger partial charge in [0.15, 0.2) is 0 Å². The Balaban J connectivity index is 3.43. The second kappa shape index (κ2) is 9.86. The molecule has 0 amide bonds. The molecule has 104 valence electrons. The summed E-state index contributed by atoms with van der Waals surface area (Å²) in [6, 6.07) is 0. The lowest BCUT2D eigenvalue weighted by Gasteiger charge is -2.30. The molecule has 0 radical (unpaired) electrons. The van der Waals surface area contributed by atoms with Crippen LogP contribution in [0.5, 0.6) is 0 Å². The molecule has 3 nitrogen and oxygen atoms in total. The van der Waals surface area contributed by atoms with E-state index in [1.807, 2.05) is 0 Å². The highest BCUT2D eigenvalue weighted by molar-refractivity contribution is 4.63. The average Bonchev–Trinajstić information content (AvgIpc) is 2.20. The smallest absolute Gasteiger partial charge is 0.0612 e. The Morgan fingerprint density at radius 1 is 0.647 bits per heavy atom. The predicted molar refractivity (Wildman–Crippen MR) is 77.4 cm³/mol. The van der Waals surface area contributed by atoms with Gasteiger partial charge in [-0.3, -0.25) is 9.80 Å². The second-order valence-corrected chi connectivity index (χ2v) is 5.77. The summed E-state index contributed by atoms with van der Waals surface area (Å²) in [6.45, 7) is 1.23. The molecule has 0 aliphatic carbocycles. The van der Waals surface area contributed by atoms with E-state index in [1.165, 1.54) is 45.1 Å². The van der Waals surface area contributed by atoms with Gasteiger partial charge >= 0.3 is 0 Å². The lowest BCUT2D eigenvalue weighted by molar-refractivity contribution is 0.117. The van der Waals surface area contributed by atoms with Gasteiger partial charge in [0.25, 0.3) is 0 Å². The van der Waals surface area contributed by atoms with Gasteiger partial charge in [0, 0.05) is 0 Å². The van der Waals surface area contributed by atoms with Crippen LogP contribution in [-0.4, -0.2) is 69.7 Å². The molecule has 17 heavy (non-hydrogen) atoms. The van der Waals surface area contributed by atoms with Crippen molar-refractivity contribution in [2.24, 2.45) is 0 Å². The molecule has 0 unspecified atom stereocenters. The Kier molecular flexibility index (Phi) is 9.79. The van der Waals surface area contributed by atoms with Crippen molar-refractivity contribution >= 4 is 0 Å². The summed E-state index contributed by atoms with van der Waals surface area (Å²) in [6.07, 6.45) is 8.73. The maximum absolute atomic E-state index is 2.31. The van der Waals surface area contributed by atoms with E-state index in [-0.39, 0.29) is 0 Å². The highest BCUT2D eigenvalue weighted by Crippen LogP contribution is 2.11. The zero-order valence-electron chi connectivity index (χ0n) is 12.9. The van der Waals surface area contributed by atoms with Crippen LogP contribution in [0, 0.1) is 0 Å². The van der Waals surface area contributed by atoms with E-state index in [2.05, 4.69) is 57.0 Å². The first-order valence-corrected chi connectivity index (χ1v) is 6.92. The number of hydrogen-bond donors (Lipinski definition) is 0. The number of unbranched alkanes of at least 4 members (excludes halogenated alkanes) is 4. The number of nitrogens with zero attached hydrogens (tertiary/aromatic N) is 3.